The monoisotopic (exact) mass is 1370 g/mol. The Morgan fingerprint density at radius 3 is 0.848 bits per heavy atom. The van der Waals surface area contributed by atoms with Gasteiger partial charge in [0.2, 0.25) is 0 Å². The van der Waals surface area contributed by atoms with Gasteiger partial charge in [-0.2, -0.15) is 0 Å². The molecule has 105 heavy (non-hydrogen) atoms. The summed E-state index contributed by atoms with van der Waals surface area (Å²) in [6.45, 7) is 9.37. The van der Waals surface area contributed by atoms with Crippen LogP contribution in [-0.2, 0) is 23.7 Å². The number of rotatable bonds is 33. The van der Waals surface area contributed by atoms with E-state index in [1.807, 2.05) is 0 Å². The summed E-state index contributed by atoms with van der Waals surface area (Å²) in [6, 6.07) is 109. The molecule has 0 bridgehead atoms. The minimum atomic E-state index is -0.148. The molecule has 4 heteroatoms. The van der Waals surface area contributed by atoms with Crippen LogP contribution in [0.4, 0.5) is 62.6 Å². The van der Waals surface area contributed by atoms with Gasteiger partial charge in [-0.15, -0.1) is 0 Å². The lowest BCUT2D eigenvalue weighted by Gasteiger charge is -2.35. The second kappa shape index (κ2) is 32.5. The first-order valence-corrected chi connectivity index (χ1v) is 40.2. The summed E-state index contributed by atoms with van der Waals surface area (Å²) >= 11 is 0. The van der Waals surface area contributed by atoms with E-state index in [1.54, 1.807) is 0 Å². The highest BCUT2D eigenvalue weighted by molar-refractivity contribution is 5.91. The maximum atomic E-state index is 2.61. The molecule has 0 atom stereocenters. The molecule has 0 spiro atoms. The van der Waals surface area contributed by atoms with Crippen LogP contribution in [0.1, 0.15) is 189 Å². The highest BCUT2D eigenvalue weighted by Gasteiger charge is 2.45. The Balaban J connectivity index is 0.763. The number of hydrogen-bond acceptors (Lipinski definition) is 4. The summed E-state index contributed by atoms with van der Waals surface area (Å²) in [6.07, 6.45) is 26.6. The number of nitrogens with zero attached hydrogens (tertiary/aromatic N) is 4. The molecule has 3 aliphatic rings. The van der Waals surface area contributed by atoms with Gasteiger partial charge in [-0.1, -0.05) is 282 Å². The SMILES string of the molecule is CCCCCCC1(CCCCCC)c2cc(N(C)c3cccc(-c4ccc5c(c4)CC5)c3)ccc2-c2ccc(N(c3ccccc3)c3ccc(-c4ccc(N(c5ccccc5)c5ccc6c(c5)C(CCCCCC)(CCCCCC)c5cc(N(c7ccccc7)c7ccccc7)ccc5-6)cc4)cc3)cc21. The molecule has 530 valence electrons. The van der Waals surface area contributed by atoms with Crippen molar-refractivity contribution in [2.75, 3.05) is 26.6 Å². The Bertz CT molecular complexity index is 4800. The third kappa shape index (κ3) is 14.5. The van der Waals surface area contributed by atoms with E-state index in [0.29, 0.717) is 0 Å². The van der Waals surface area contributed by atoms with Gasteiger partial charge in [0.25, 0.3) is 0 Å². The molecule has 15 rings (SSSR count). The van der Waals surface area contributed by atoms with Crippen molar-refractivity contribution in [3.8, 4) is 44.5 Å². The molecule has 4 nitrogen and oxygen atoms in total. The molecular formula is C101H106N4. The molecule has 0 saturated heterocycles. The standard InChI is InChI=1S/C101H106N4/c1-6-10-14-30-65-100(66-31-15-11-7-2)96-71-88(102(5)87-44-34-35-78(70-87)80-48-46-77-45-47-79(77)69-80)57-61-92(96)93-63-59-90(73-97(93)100)104(83-40-26-20-27-41-83)85-53-49-75(50-54-85)76-51-55-86(56-52-76)105(84-42-28-21-29-43-84)91-60-64-95-94-62-58-89(103(81-36-22-18-23-37-81)82-38-24-19-25-39-82)72-98(94)101(99(95)74-91,67-32-16-12-8-3)68-33-17-13-9-4/h18-29,34-44,46,48-64,69-74H,6-17,30-33,45,47,65-68H2,1-5H3. The average molecular weight is 1380 g/mol. The van der Waals surface area contributed by atoms with Crippen LogP contribution in [0.15, 0.2) is 285 Å². The zero-order chi connectivity index (χ0) is 71.5. The van der Waals surface area contributed by atoms with Gasteiger partial charge in [-0.3, -0.25) is 0 Å². The molecule has 0 saturated carbocycles. The largest absolute Gasteiger partial charge is 0.345 e. The maximum absolute atomic E-state index is 2.61. The molecule has 0 radical (unpaired) electrons. The Labute approximate surface area is 628 Å². The van der Waals surface area contributed by atoms with Crippen LogP contribution >= 0.6 is 0 Å². The first-order valence-electron chi connectivity index (χ1n) is 40.2. The Morgan fingerprint density at radius 2 is 0.514 bits per heavy atom. The number of benzene rings is 12. The predicted molar refractivity (Wildman–Crippen MR) is 451 cm³/mol. The number of fused-ring (bicyclic) bond motifs is 7. The third-order valence-electron chi connectivity index (χ3n) is 23.7. The van der Waals surface area contributed by atoms with E-state index in [-0.39, 0.29) is 10.8 Å². The van der Waals surface area contributed by atoms with Crippen LogP contribution < -0.4 is 19.6 Å². The third-order valence-corrected chi connectivity index (χ3v) is 23.7. The fourth-order valence-corrected chi connectivity index (χ4v) is 18.0. The lowest BCUT2D eigenvalue weighted by atomic mass is 9.70. The van der Waals surface area contributed by atoms with E-state index >= 15 is 0 Å². The smallest absolute Gasteiger partial charge is 0.0465 e. The van der Waals surface area contributed by atoms with Gasteiger partial charge >= 0.3 is 0 Å². The van der Waals surface area contributed by atoms with Crippen LogP contribution in [0.3, 0.4) is 0 Å². The highest BCUT2D eigenvalue weighted by Crippen LogP contribution is 2.59. The second-order valence-electron chi connectivity index (χ2n) is 30.4. The van der Waals surface area contributed by atoms with Gasteiger partial charge in [0.1, 0.15) is 0 Å². The van der Waals surface area contributed by atoms with Crippen molar-refractivity contribution >= 4 is 62.6 Å². The fraction of sp³-hybridized carbons (Fsp3) is 0.287. The van der Waals surface area contributed by atoms with Crippen LogP contribution in [0.5, 0.6) is 0 Å². The minimum absolute atomic E-state index is 0.126. The molecule has 0 aromatic heterocycles. The van der Waals surface area contributed by atoms with Crippen molar-refractivity contribution in [1.82, 2.24) is 0 Å². The van der Waals surface area contributed by atoms with Gasteiger partial charge in [0.05, 0.1) is 0 Å². The van der Waals surface area contributed by atoms with Gasteiger partial charge in [-0.05, 0) is 250 Å². The summed E-state index contributed by atoms with van der Waals surface area (Å²) in [4.78, 5) is 9.88. The highest BCUT2D eigenvalue weighted by atomic mass is 15.2. The number of aryl methyl sites for hydroxylation is 2. The fourth-order valence-electron chi connectivity index (χ4n) is 18.0. The molecule has 12 aromatic rings. The zero-order valence-electron chi connectivity index (χ0n) is 63.0. The summed E-state index contributed by atoms with van der Waals surface area (Å²) in [7, 11) is 2.27. The topological polar surface area (TPSA) is 13.0 Å². The molecule has 0 fully saturated rings. The number of para-hydroxylation sites is 4. The van der Waals surface area contributed by atoms with Crippen molar-refractivity contribution in [2.45, 2.75) is 180 Å². The molecule has 0 N–H and O–H groups in total. The van der Waals surface area contributed by atoms with E-state index in [2.05, 4.69) is 339 Å². The Morgan fingerprint density at radius 1 is 0.229 bits per heavy atom. The van der Waals surface area contributed by atoms with E-state index in [1.165, 1.54) is 233 Å². The van der Waals surface area contributed by atoms with Gasteiger partial charge < -0.3 is 19.6 Å². The molecule has 0 unspecified atom stereocenters. The molecule has 0 aliphatic heterocycles. The molecule has 0 heterocycles. The lowest BCUT2D eigenvalue weighted by Crippen LogP contribution is -2.26. The van der Waals surface area contributed by atoms with Gasteiger partial charge in [0, 0.05) is 80.4 Å². The molecule has 0 amide bonds. The van der Waals surface area contributed by atoms with E-state index in [4.69, 9.17) is 0 Å². The lowest BCUT2D eigenvalue weighted by molar-refractivity contribution is 0.401. The molecular weight excluding hydrogens is 1270 g/mol. The van der Waals surface area contributed by atoms with Crippen molar-refractivity contribution in [1.29, 1.82) is 0 Å². The molecule has 12 aromatic carbocycles. The zero-order valence-corrected chi connectivity index (χ0v) is 63.0. The maximum Gasteiger partial charge on any atom is 0.0465 e. The Kier molecular flexibility index (Phi) is 21.8. The van der Waals surface area contributed by atoms with E-state index in [0.717, 1.165) is 48.4 Å². The van der Waals surface area contributed by atoms with Crippen LogP contribution in [-0.4, -0.2) is 7.05 Å². The number of anilines is 11. The van der Waals surface area contributed by atoms with E-state index < -0.39 is 0 Å². The van der Waals surface area contributed by atoms with Crippen molar-refractivity contribution in [3.05, 3.63) is 318 Å². The number of hydrogen-bond donors (Lipinski definition) is 0. The molecule has 3 aliphatic carbocycles. The second-order valence-corrected chi connectivity index (χ2v) is 30.4. The normalized spacial score (nSPS) is 13.3. The average Bonchev–Trinajstić information content (AvgIpc) is 1.57. The van der Waals surface area contributed by atoms with Crippen LogP contribution in [0.2, 0.25) is 0 Å². The van der Waals surface area contributed by atoms with Gasteiger partial charge in [-0.25, -0.2) is 0 Å². The first kappa shape index (κ1) is 70.5. The van der Waals surface area contributed by atoms with Crippen LogP contribution in [0, 0.1) is 0 Å². The van der Waals surface area contributed by atoms with Crippen LogP contribution in [0.25, 0.3) is 44.5 Å². The first-order chi connectivity index (χ1) is 51.8. The summed E-state index contributed by atoms with van der Waals surface area (Å²) in [5.41, 5.74) is 32.2. The van der Waals surface area contributed by atoms with Crippen molar-refractivity contribution < 1.29 is 0 Å². The summed E-state index contributed by atoms with van der Waals surface area (Å²) in [5, 5.41) is 0. The van der Waals surface area contributed by atoms with Crippen molar-refractivity contribution in [2.24, 2.45) is 0 Å². The predicted octanol–water partition coefficient (Wildman–Crippen LogP) is 29.7. The quantitative estimate of drug-likeness (QED) is 0.0380. The summed E-state index contributed by atoms with van der Waals surface area (Å²) in [5.74, 6) is 0. The Hall–Kier alpha value is -10.2. The summed E-state index contributed by atoms with van der Waals surface area (Å²) < 4.78 is 0. The minimum Gasteiger partial charge on any atom is -0.345 e. The number of unbranched alkanes of at least 4 members (excludes halogenated alkanes) is 12. The van der Waals surface area contributed by atoms with Crippen molar-refractivity contribution in [3.63, 3.8) is 0 Å². The van der Waals surface area contributed by atoms with E-state index in [9.17, 15) is 0 Å². The van der Waals surface area contributed by atoms with Gasteiger partial charge in [0.15, 0.2) is 0 Å².